The van der Waals surface area contributed by atoms with E-state index >= 15 is 0 Å². The van der Waals surface area contributed by atoms with E-state index < -0.39 is 5.82 Å². The summed E-state index contributed by atoms with van der Waals surface area (Å²) in [4.78, 5) is 11.3. The second kappa shape index (κ2) is 14.7. The maximum atomic E-state index is 13.3. The fourth-order valence-corrected chi connectivity index (χ4v) is 2.57. The van der Waals surface area contributed by atoms with E-state index in [1.54, 1.807) is 24.3 Å². The summed E-state index contributed by atoms with van der Waals surface area (Å²) in [7, 11) is 1.50. The monoisotopic (exact) mass is 620 g/mol. The number of hydrogen-bond acceptors (Lipinski definition) is 3. The fourth-order valence-electron chi connectivity index (χ4n) is 1.66. The molecule has 5 nitrogen and oxygen atoms in total. The summed E-state index contributed by atoms with van der Waals surface area (Å²) < 4.78 is 27.4. The maximum Gasteiger partial charge on any atom is 0.319 e. The van der Waals surface area contributed by atoms with E-state index in [1.165, 1.54) is 19.2 Å². The molecule has 28 heavy (non-hydrogen) atoms. The summed E-state index contributed by atoms with van der Waals surface area (Å²) in [6, 6.07) is 9.34. The van der Waals surface area contributed by atoms with Crippen LogP contribution in [0.25, 0.3) is 0 Å². The van der Waals surface area contributed by atoms with Gasteiger partial charge in [-0.25, -0.2) is 13.6 Å². The number of nitrogen functional groups attached to an aromatic ring is 1. The van der Waals surface area contributed by atoms with Crippen molar-refractivity contribution in [2.24, 2.45) is 5.73 Å². The number of carbonyl (C=O) groups excluding carboxylic acids is 1. The van der Waals surface area contributed by atoms with Crippen LogP contribution in [0.1, 0.15) is 27.7 Å². The molecule has 0 bridgehead atoms. The first-order valence-corrected chi connectivity index (χ1v) is 9.81. The molecule has 9 heteroatoms. The molecular weight excluding hydrogens is 592 g/mol. The van der Waals surface area contributed by atoms with Gasteiger partial charge in [0, 0.05) is 13.2 Å². The molecule has 1 aliphatic carbocycles. The van der Waals surface area contributed by atoms with Crippen molar-refractivity contribution in [3.63, 3.8) is 0 Å². The normalized spacial score (nSPS) is 11.2. The number of nitrogens with one attached hydrogen (secondary N) is 2. The van der Waals surface area contributed by atoms with Gasteiger partial charge >= 0.3 is 6.03 Å². The van der Waals surface area contributed by atoms with Crippen molar-refractivity contribution in [1.29, 1.82) is 0 Å². The molecule has 0 unspecified atom stereocenters. The third-order valence-electron chi connectivity index (χ3n) is 3.05. The van der Waals surface area contributed by atoms with E-state index in [4.69, 9.17) is 5.73 Å². The predicted molar refractivity (Wildman–Crippen MR) is 131 cm³/mol. The summed E-state index contributed by atoms with van der Waals surface area (Å²) in [5.41, 5.74) is 10.1. The van der Waals surface area contributed by atoms with Gasteiger partial charge in [0.2, 0.25) is 0 Å². The number of hydrogen-bond donors (Lipinski definition) is 4. The van der Waals surface area contributed by atoms with E-state index in [2.05, 4.69) is 16.4 Å². The molecule has 0 spiro atoms. The number of urea groups is 1. The minimum atomic E-state index is -0.409. The van der Waals surface area contributed by atoms with Crippen LogP contribution in [-0.4, -0.2) is 19.1 Å². The smallest absolute Gasteiger partial charge is 0.319 e. The molecular formula is C19H28F2I2N4O. The molecule has 1 aliphatic rings. The van der Waals surface area contributed by atoms with Gasteiger partial charge in [0.1, 0.15) is 11.6 Å². The highest BCUT2D eigenvalue weighted by atomic mass is 127. The summed E-state index contributed by atoms with van der Waals surface area (Å²) >= 11 is 4.04. The van der Waals surface area contributed by atoms with Crippen LogP contribution in [0.5, 0.6) is 0 Å². The molecule has 2 aromatic carbocycles. The van der Waals surface area contributed by atoms with Crippen LogP contribution < -0.4 is 22.1 Å². The van der Waals surface area contributed by atoms with Crippen LogP contribution in [0.15, 0.2) is 36.4 Å². The first-order chi connectivity index (χ1) is 12.3. The molecule has 6 N–H and O–H groups in total. The van der Waals surface area contributed by atoms with Gasteiger partial charge in [-0.3, -0.25) is 0 Å². The average Bonchev–Trinajstić information content (AvgIpc) is 3.40. The molecule has 0 aromatic heterocycles. The van der Waals surface area contributed by atoms with Crippen LogP contribution in [0.2, 0.25) is 0 Å². The van der Waals surface area contributed by atoms with E-state index in [9.17, 15) is 13.6 Å². The molecule has 0 aliphatic heterocycles. The lowest BCUT2D eigenvalue weighted by atomic mass is 10.3. The first kappa shape index (κ1) is 29.0. The average molecular weight is 620 g/mol. The Morgan fingerprint density at radius 2 is 1.50 bits per heavy atom. The van der Waals surface area contributed by atoms with E-state index in [1.807, 2.05) is 45.2 Å². The number of nitrogens with two attached hydrogens (primary N) is 2. The van der Waals surface area contributed by atoms with E-state index in [-0.39, 0.29) is 44.1 Å². The van der Waals surface area contributed by atoms with E-state index in [0.29, 0.717) is 0 Å². The Labute approximate surface area is 193 Å². The molecule has 0 saturated heterocycles. The van der Waals surface area contributed by atoms with Gasteiger partial charge in [0.25, 0.3) is 0 Å². The number of carbonyl (C=O) groups is 1. The van der Waals surface area contributed by atoms with Gasteiger partial charge in [-0.1, -0.05) is 14.9 Å². The van der Waals surface area contributed by atoms with Crippen molar-refractivity contribution in [2.45, 2.75) is 33.7 Å². The van der Waals surface area contributed by atoms with Crippen molar-refractivity contribution in [3.05, 3.63) is 55.2 Å². The molecule has 1 fully saturated rings. The third kappa shape index (κ3) is 11.0. The number of halogens is 4. The summed E-state index contributed by atoms with van der Waals surface area (Å²) in [5, 5.41) is 5.21. The molecule has 0 atom stereocenters. The number of rotatable bonds is 2. The van der Waals surface area contributed by atoms with Crippen molar-refractivity contribution in [1.82, 2.24) is 5.32 Å². The zero-order valence-electron chi connectivity index (χ0n) is 14.0. The fraction of sp³-hybridized carbons (Fsp3) is 0.316. The Bertz CT molecular complexity index is 744. The minimum Gasteiger partial charge on any atom is -0.396 e. The summed E-state index contributed by atoms with van der Waals surface area (Å²) in [6.45, 7) is 0. The second-order valence-corrected chi connectivity index (χ2v) is 7.65. The molecule has 0 radical (unpaired) electrons. The first-order valence-electron chi connectivity index (χ1n) is 7.66. The topological polar surface area (TPSA) is 93.2 Å². The lowest BCUT2D eigenvalue weighted by Gasteiger charge is -2.07. The molecule has 0 heterocycles. The van der Waals surface area contributed by atoms with Crippen molar-refractivity contribution in [2.75, 3.05) is 18.1 Å². The Morgan fingerprint density at radius 1 is 1.00 bits per heavy atom. The van der Waals surface area contributed by atoms with Crippen LogP contribution in [0.4, 0.5) is 25.0 Å². The van der Waals surface area contributed by atoms with Gasteiger partial charge in [0.05, 0.1) is 11.4 Å². The molecule has 2 amide bonds. The minimum absolute atomic E-state index is 0. The highest BCUT2D eigenvalue weighted by Crippen LogP contribution is 2.20. The Morgan fingerprint density at radius 3 is 1.93 bits per heavy atom. The Balaban J connectivity index is 0. The molecule has 158 valence electrons. The van der Waals surface area contributed by atoms with Gasteiger partial charge in [-0.15, -0.1) is 0 Å². The molecule has 3 rings (SSSR count). The lowest BCUT2D eigenvalue weighted by Crippen LogP contribution is -2.30. The van der Waals surface area contributed by atoms with Crippen LogP contribution in [0, 0.1) is 18.8 Å². The largest absolute Gasteiger partial charge is 0.396 e. The molecule has 2 aromatic rings. The van der Waals surface area contributed by atoms with Crippen LogP contribution in [-0.2, 0) is 0 Å². The summed E-state index contributed by atoms with van der Waals surface area (Å²) in [5.74, 6) is -0.755. The lowest BCUT2D eigenvalue weighted by molar-refractivity contribution is 0.251. The predicted octanol–water partition coefficient (Wildman–Crippen LogP) is 5.57. The summed E-state index contributed by atoms with van der Waals surface area (Å²) in [6.07, 6.45) is 2.03. The van der Waals surface area contributed by atoms with Crippen LogP contribution >= 0.6 is 45.2 Å². The standard InChI is InChI=1S/C10H10FIN2O.C6H5FIN.CH5N.2CH4/c11-8-5-6(12)1-4-9(8)14-10(15)13-7-2-3-7;7-5-3-4(8)1-2-6(5)9;1-2;;/h1,4-5,7H,2-3H2,(H2,13,14,15);1-3H,9H2;2H2,1H3;2*1H4. The zero-order valence-corrected chi connectivity index (χ0v) is 18.3. The third-order valence-corrected chi connectivity index (χ3v) is 4.40. The Kier molecular flexibility index (Phi) is 15.3. The SMILES string of the molecule is C.C.CN.Nc1ccc(I)cc1F.O=C(Nc1ccc(I)cc1F)NC1CC1. The van der Waals surface area contributed by atoms with Crippen molar-refractivity contribution < 1.29 is 13.6 Å². The number of benzene rings is 2. The van der Waals surface area contributed by atoms with Crippen molar-refractivity contribution >= 4 is 62.6 Å². The second-order valence-electron chi connectivity index (χ2n) is 5.16. The quantitative estimate of drug-likeness (QED) is 0.261. The maximum absolute atomic E-state index is 13.3. The number of anilines is 2. The number of amides is 2. The van der Waals surface area contributed by atoms with Crippen LogP contribution in [0.3, 0.4) is 0 Å². The Hall–Kier alpha value is -1.21. The van der Waals surface area contributed by atoms with Gasteiger partial charge in [-0.05, 0) is 101 Å². The van der Waals surface area contributed by atoms with Gasteiger partial charge in [0.15, 0.2) is 0 Å². The van der Waals surface area contributed by atoms with E-state index in [0.717, 1.165) is 20.0 Å². The van der Waals surface area contributed by atoms with Crippen molar-refractivity contribution in [3.8, 4) is 0 Å². The zero-order chi connectivity index (χ0) is 19.7. The highest BCUT2D eigenvalue weighted by molar-refractivity contribution is 14.1. The van der Waals surface area contributed by atoms with Gasteiger partial charge in [-0.2, -0.15) is 0 Å². The van der Waals surface area contributed by atoms with Gasteiger partial charge < -0.3 is 22.1 Å². The molecule has 1 saturated carbocycles. The highest BCUT2D eigenvalue weighted by Gasteiger charge is 2.23.